The third kappa shape index (κ3) is 2.03. The zero-order valence-corrected chi connectivity index (χ0v) is 10.7. The molecule has 1 aromatic rings. The van der Waals surface area contributed by atoms with Crippen molar-refractivity contribution in [2.75, 3.05) is 5.73 Å². The monoisotopic (exact) mass is 243 g/mol. The Morgan fingerprint density at radius 1 is 1.35 bits per heavy atom. The van der Waals surface area contributed by atoms with E-state index < -0.39 is 5.92 Å². The molecule has 1 fully saturated rings. The number of anilines is 1. The smallest absolute Gasteiger partial charge is 0.249 e. The lowest BCUT2D eigenvalue weighted by atomic mass is 9.78. The van der Waals surface area contributed by atoms with Crippen LogP contribution < -0.4 is 5.73 Å². The summed E-state index contributed by atoms with van der Waals surface area (Å²) in [7, 11) is 0. The van der Waals surface area contributed by atoms with Gasteiger partial charge in [-0.1, -0.05) is 0 Å². The molecule has 0 aromatic carbocycles. The van der Waals surface area contributed by atoms with Gasteiger partial charge in [0.25, 0.3) is 0 Å². The summed E-state index contributed by atoms with van der Waals surface area (Å²) in [5.41, 5.74) is 7.35. The summed E-state index contributed by atoms with van der Waals surface area (Å²) >= 11 is 0. The van der Waals surface area contributed by atoms with Gasteiger partial charge in [0.1, 0.15) is 5.82 Å². The first-order chi connectivity index (χ1) is 7.62. The van der Waals surface area contributed by atoms with Crippen LogP contribution in [0.25, 0.3) is 0 Å². The number of nitrogen functional groups attached to an aromatic ring is 1. The van der Waals surface area contributed by atoms with Crippen LogP contribution in [0.3, 0.4) is 0 Å². The summed E-state index contributed by atoms with van der Waals surface area (Å²) in [6.07, 6.45) is -0.205. The van der Waals surface area contributed by atoms with Gasteiger partial charge in [-0.3, -0.25) is 0 Å². The maximum Gasteiger partial charge on any atom is 0.249 e. The molecule has 1 aromatic heterocycles. The molecule has 0 radical (unpaired) electrons. The van der Waals surface area contributed by atoms with Crippen LogP contribution in [-0.4, -0.2) is 15.7 Å². The maximum atomic E-state index is 12.9. The van der Waals surface area contributed by atoms with Gasteiger partial charge in [-0.15, -0.1) is 0 Å². The first kappa shape index (κ1) is 12.3. The topological polar surface area (TPSA) is 43.8 Å². The van der Waals surface area contributed by atoms with Gasteiger partial charge >= 0.3 is 0 Å². The van der Waals surface area contributed by atoms with Crippen molar-refractivity contribution in [1.29, 1.82) is 0 Å². The Morgan fingerprint density at radius 2 is 1.88 bits per heavy atom. The van der Waals surface area contributed by atoms with Crippen molar-refractivity contribution in [3.05, 3.63) is 11.3 Å². The average molecular weight is 243 g/mol. The van der Waals surface area contributed by atoms with Gasteiger partial charge in [0.15, 0.2) is 0 Å². The van der Waals surface area contributed by atoms with E-state index in [0.717, 1.165) is 11.3 Å². The molecule has 1 aliphatic carbocycles. The average Bonchev–Trinajstić information content (AvgIpc) is 2.39. The molecule has 0 saturated heterocycles. The zero-order valence-electron chi connectivity index (χ0n) is 10.7. The second-order valence-corrected chi connectivity index (χ2v) is 5.94. The minimum absolute atomic E-state index is 0.103. The number of alkyl halides is 2. The van der Waals surface area contributed by atoms with E-state index in [4.69, 9.17) is 5.73 Å². The predicted octanol–water partition coefficient (Wildman–Crippen LogP) is 3.04. The fourth-order valence-electron chi connectivity index (χ4n) is 2.28. The molecule has 96 valence electrons. The zero-order chi connectivity index (χ0) is 13.0. The van der Waals surface area contributed by atoms with Crippen molar-refractivity contribution < 1.29 is 8.78 Å². The number of aromatic nitrogens is 2. The Labute approximate surface area is 100.0 Å². The molecule has 0 spiro atoms. The van der Waals surface area contributed by atoms with Crippen LogP contribution in [0.4, 0.5) is 14.6 Å². The fourth-order valence-corrected chi connectivity index (χ4v) is 2.28. The van der Waals surface area contributed by atoms with E-state index in [1.165, 1.54) is 0 Å². The molecule has 17 heavy (non-hydrogen) atoms. The Kier molecular flexibility index (Phi) is 2.49. The molecule has 0 bridgehead atoms. The molecule has 3 nitrogen and oxygen atoms in total. The molecular weight excluding hydrogens is 224 g/mol. The minimum Gasteiger partial charge on any atom is -0.384 e. The van der Waals surface area contributed by atoms with Gasteiger partial charge in [0.2, 0.25) is 5.92 Å². The maximum absolute atomic E-state index is 12.9. The van der Waals surface area contributed by atoms with Crippen LogP contribution >= 0.6 is 0 Å². The van der Waals surface area contributed by atoms with E-state index in [2.05, 4.69) is 5.10 Å². The van der Waals surface area contributed by atoms with Crippen LogP contribution in [0.15, 0.2) is 0 Å². The third-order valence-corrected chi connectivity index (χ3v) is 3.32. The Morgan fingerprint density at radius 3 is 2.24 bits per heavy atom. The molecule has 2 N–H and O–H groups in total. The quantitative estimate of drug-likeness (QED) is 0.823. The second kappa shape index (κ2) is 3.43. The molecular formula is C12H19F2N3. The largest absolute Gasteiger partial charge is 0.384 e. The number of hydrogen-bond acceptors (Lipinski definition) is 2. The first-order valence-corrected chi connectivity index (χ1v) is 5.85. The van der Waals surface area contributed by atoms with E-state index in [1.807, 2.05) is 27.7 Å². The van der Waals surface area contributed by atoms with E-state index in [-0.39, 0.29) is 24.3 Å². The van der Waals surface area contributed by atoms with Gasteiger partial charge < -0.3 is 5.73 Å². The Hall–Kier alpha value is -1.13. The molecule has 1 aliphatic rings. The molecule has 2 rings (SSSR count). The van der Waals surface area contributed by atoms with Crippen molar-refractivity contribution in [1.82, 2.24) is 9.78 Å². The summed E-state index contributed by atoms with van der Waals surface area (Å²) in [5, 5.41) is 4.43. The summed E-state index contributed by atoms with van der Waals surface area (Å²) in [6.45, 7) is 7.84. The standard InChI is InChI=1S/C12H19F2N3/c1-7-9(8-5-12(13,14)6-8)16-17(10(7)15)11(2,3)4/h8H,5-6,15H2,1-4H3. The number of nitrogens with zero attached hydrogens (tertiary/aromatic N) is 2. The number of halogens is 2. The van der Waals surface area contributed by atoms with Gasteiger partial charge in [0, 0.05) is 24.3 Å². The fraction of sp³-hybridized carbons (Fsp3) is 0.750. The van der Waals surface area contributed by atoms with Crippen LogP contribution in [0.1, 0.15) is 50.8 Å². The molecule has 0 atom stereocenters. The van der Waals surface area contributed by atoms with Crippen LogP contribution in [0.5, 0.6) is 0 Å². The summed E-state index contributed by atoms with van der Waals surface area (Å²) in [6, 6.07) is 0. The Balaban J connectivity index is 2.32. The highest BCUT2D eigenvalue weighted by atomic mass is 19.3. The first-order valence-electron chi connectivity index (χ1n) is 5.85. The number of hydrogen-bond donors (Lipinski definition) is 1. The summed E-state index contributed by atoms with van der Waals surface area (Å²) in [4.78, 5) is 0. The van der Waals surface area contributed by atoms with Gasteiger partial charge in [-0.05, 0) is 27.7 Å². The van der Waals surface area contributed by atoms with E-state index in [9.17, 15) is 8.78 Å². The number of rotatable bonds is 1. The van der Waals surface area contributed by atoms with Crippen molar-refractivity contribution in [3.63, 3.8) is 0 Å². The van der Waals surface area contributed by atoms with Crippen LogP contribution in [0, 0.1) is 6.92 Å². The van der Waals surface area contributed by atoms with E-state index >= 15 is 0 Å². The van der Waals surface area contributed by atoms with Crippen molar-refractivity contribution >= 4 is 5.82 Å². The van der Waals surface area contributed by atoms with E-state index in [1.54, 1.807) is 4.68 Å². The summed E-state index contributed by atoms with van der Waals surface area (Å²) < 4.78 is 27.5. The normalized spacial score (nSPS) is 20.4. The molecule has 0 unspecified atom stereocenters. The third-order valence-electron chi connectivity index (χ3n) is 3.32. The Bertz CT molecular complexity index is 435. The molecule has 1 heterocycles. The highest BCUT2D eigenvalue weighted by molar-refractivity contribution is 5.45. The van der Waals surface area contributed by atoms with Gasteiger partial charge in [-0.2, -0.15) is 5.10 Å². The van der Waals surface area contributed by atoms with Gasteiger partial charge in [0.05, 0.1) is 11.2 Å². The highest BCUT2D eigenvalue weighted by Gasteiger charge is 2.47. The molecule has 1 saturated carbocycles. The van der Waals surface area contributed by atoms with Gasteiger partial charge in [-0.25, -0.2) is 13.5 Å². The van der Waals surface area contributed by atoms with E-state index in [0.29, 0.717) is 5.82 Å². The lowest BCUT2D eigenvalue weighted by Crippen LogP contribution is -2.34. The van der Waals surface area contributed by atoms with Crippen molar-refractivity contribution in [2.24, 2.45) is 0 Å². The van der Waals surface area contributed by atoms with Crippen LogP contribution in [0.2, 0.25) is 0 Å². The van der Waals surface area contributed by atoms with Crippen molar-refractivity contribution in [3.8, 4) is 0 Å². The predicted molar refractivity (Wildman–Crippen MR) is 63.3 cm³/mol. The second-order valence-electron chi connectivity index (χ2n) is 5.94. The molecule has 0 aliphatic heterocycles. The lowest BCUT2D eigenvalue weighted by Gasteiger charge is -2.34. The van der Waals surface area contributed by atoms with Crippen molar-refractivity contribution in [2.45, 2.75) is 57.9 Å². The lowest BCUT2D eigenvalue weighted by molar-refractivity contribution is -0.0878. The summed E-state index contributed by atoms with van der Waals surface area (Å²) in [5.74, 6) is -2.07. The number of nitrogens with two attached hydrogens (primary N) is 1. The molecule has 0 amide bonds. The minimum atomic E-state index is -2.52. The SMILES string of the molecule is Cc1c(C2CC(F)(F)C2)nn(C(C)(C)C)c1N. The van der Waals surface area contributed by atoms with Crippen LogP contribution in [-0.2, 0) is 5.54 Å². The molecule has 5 heteroatoms. The highest BCUT2D eigenvalue weighted by Crippen LogP contribution is 2.49.